The maximum Gasteiger partial charge on any atom is 0.347 e. The van der Waals surface area contributed by atoms with Crippen LogP contribution in [0.3, 0.4) is 0 Å². The molecule has 0 aliphatic carbocycles. The summed E-state index contributed by atoms with van der Waals surface area (Å²) >= 11 is 0. The molecule has 2 rings (SSSR count). The molecule has 0 radical (unpaired) electrons. The van der Waals surface area contributed by atoms with Gasteiger partial charge in [-0.3, -0.25) is 0 Å². The number of benzene rings is 1. The van der Waals surface area contributed by atoms with E-state index in [1.807, 2.05) is 0 Å². The van der Waals surface area contributed by atoms with E-state index in [0.717, 1.165) is 11.1 Å². The Kier molecular flexibility index (Phi) is 2.30. The molecule has 0 spiro atoms. The fourth-order valence-corrected chi connectivity index (χ4v) is 1.93. The van der Waals surface area contributed by atoms with Gasteiger partial charge in [-0.25, -0.2) is 4.79 Å². The van der Waals surface area contributed by atoms with Crippen molar-refractivity contribution in [3.8, 4) is 11.5 Å². The minimum absolute atomic E-state index is 0.223. The molecule has 1 aliphatic rings. The van der Waals surface area contributed by atoms with Crippen LogP contribution in [0.1, 0.15) is 24.5 Å². The van der Waals surface area contributed by atoms with Crippen molar-refractivity contribution in [3.05, 3.63) is 23.3 Å². The molecule has 1 aliphatic heterocycles. The van der Waals surface area contributed by atoms with Gasteiger partial charge in [0.15, 0.2) is 0 Å². The number of hydrogen-bond acceptors (Lipinski definition) is 3. The molecule has 1 heterocycles. The number of ether oxygens (including phenoxy) is 1. The van der Waals surface area contributed by atoms with Gasteiger partial charge in [0, 0.05) is 12.0 Å². The zero-order valence-electron chi connectivity index (χ0n) is 9.28. The summed E-state index contributed by atoms with van der Waals surface area (Å²) in [5.74, 6) is -0.170. The Bertz CT molecular complexity index is 453. The van der Waals surface area contributed by atoms with Gasteiger partial charge >= 0.3 is 5.97 Å². The molecule has 0 saturated carbocycles. The molecule has 0 aromatic heterocycles. The number of fused-ring (bicyclic) bond motifs is 1. The first-order valence-electron chi connectivity index (χ1n) is 5.18. The molecular formula is C12H14O4. The van der Waals surface area contributed by atoms with Crippen molar-refractivity contribution in [3.63, 3.8) is 0 Å². The zero-order chi connectivity index (χ0) is 11.9. The third-order valence-corrected chi connectivity index (χ3v) is 3.17. The van der Waals surface area contributed by atoms with Crippen molar-refractivity contribution in [1.82, 2.24) is 0 Å². The van der Waals surface area contributed by atoms with Gasteiger partial charge in [0.2, 0.25) is 5.60 Å². The van der Waals surface area contributed by atoms with Crippen LogP contribution in [-0.2, 0) is 11.2 Å². The largest absolute Gasteiger partial charge is 0.508 e. The number of phenolic OH excluding ortho intramolecular Hbond substituents is 1. The van der Waals surface area contributed by atoms with Gasteiger partial charge in [0.25, 0.3) is 0 Å². The van der Waals surface area contributed by atoms with E-state index >= 15 is 0 Å². The first-order valence-corrected chi connectivity index (χ1v) is 5.18. The van der Waals surface area contributed by atoms with Gasteiger partial charge in [-0.05, 0) is 38.0 Å². The lowest BCUT2D eigenvalue weighted by molar-refractivity contribution is -0.155. The lowest BCUT2D eigenvalue weighted by Gasteiger charge is -2.32. The van der Waals surface area contributed by atoms with Crippen molar-refractivity contribution in [2.75, 3.05) is 0 Å². The Hall–Kier alpha value is -1.71. The normalized spacial score (nSPS) is 23.4. The highest BCUT2D eigenvalue weighted by Crippen LogP contribution is 2.38. The van der Waals surface area contributed by atoms with Crippen LogP contribution in [-0.4, -0.2) is 21.8 Å². The number of phenols is 1. The smallest absolute Gasteiger partial charge is 0.347 e. The average molecular weight is 222 g/mol. The van der Waals surface area contributed by atoms with E-state index in [-0.39, 0.29) is 5.75 Å². The van der Waals surface area contributed by atoms with Crippen molar-refractivity contribution in [1.29, 1.82) is 0 Å². The summed E-state index contributed by atoms with van der Waals surface area (Å²) in [6.07, 6.45) is 1.03. The van der Waals surface area contributed by atoms with Crippen LogP contribution in [0.5, 0.6) is 11.5 Å². The van der Waals surface area contributed by atoms with Crippen LogP contribution in [0.15, 0.2) is 12.1 Å². The van der Waals surface area contributed by atoms with Crippen LogP contribution in [0, 0.1) is 6.92 Å². The maximum atomic E-state index is 11.1. The summed E-state index contributed by atoms with van der Waals surface area (Å²) in [6.45, 7) is 3.38. The summed E-state index contributed by atoms with van der Waals surface area (Å²) in [5.41, 5.74) is 0.514. The highest BCUT2D eigenvalue weighted by Gasteiger charge is 2.39. The molecule has 1 aromatic rings. The molecule has 86 valence electrons. The number of carboxylic acids is 1. The highest BCUT2D eigenvalue weighted by atomic mass is 16.5. The van der Waals surface area contributed by atoms with Gasteiger partial charge in [-0.15, -0.1) is 0 Å². The van der Waals surface area contributed by atoms with E-state index in [1.54, 1.807) is 19.9 Å². The number of hydrogen-bond donors (Lipinski definition) is 2. The van der Waals surface area contributed by atoms with E-state index in [9.17, 15) is 9.90 Å². The fraction of sp³-hybridized carbons (Fsp3) is 0.417. The summed E-state index contributed by atoms with van der Waals surface area (Å²) in [6, 6.07) is 3.15. The van der Waals surface area contributed by atoms with Crippen LogP contribution < -0.4 is 4.74 Å². The number of aromatic hydroxyl groups is 1. The lowest BCUT2D eigenvalue weighted by Crippen LogP contribution is -2.44. The third-order valence-electron chi connectivity index (χ3n) is 3.17. The number of aliphatic carboxylic acids is 1. The van der Waals surface area contributed by atoms with E-state index < -0.39 is 11.6 Å². The summed E-state index contributed by atoms with van der Waals surface area (Å²) in [5, 5.41) is 18.6. The minimum atomic E-state index is -1.16. The summed E-state index contributed by atoms with van der Waals surface area (Å²) < 4.78 is 5.51. The van der Waals surface area contributed by atoms with Crippen molar-refractivity contribution in [2.45, 2.75) is 32.3 Å². The van der Waals surface area contributed by atoms with E-state index in [2.05, 4.69) is 0 Å². The van der Waals surface area contributed by atoms with Crippen molar-refractivity contribution in [2.24, 2.45) is 0 Å². The number of carbonyl (C=O) groups is 1. The minimum Gasteiger partial charge on any atom is -0.508 e. The summed E-state index contributed by atoms with van der Waals surface area (Å²) in [4.78, 5) is 11.1. The Morgan fingerprint density at radius 2 is 2.19 bits per heavy atom. The standard InChI is InChI=1S/C12H14O4/c1-7-8-5-6-12(2,11(14)15)16-10(8)4-3-9(7)13/h3-4,13H,5-6H2,1-2H3,(H,14,15). The van der Waals surface area contributed by atoms with Gasteiger partial charge in [-0.2, -0.15) is 0 Å². The molecule has 0 amide bonds. The van der Waals surface area contributed by atoms with Gasteiger partial charge in [0.05, 0.1) is 0 Å². The quantitative estimate of drug-likeness (QED) is 0.761. The predicted molar refractivity (Wildman–Crippen MR) is 57.8 cm³/mol. The number of carboxylic acid groups (broad SMARTS) is 1. The molecule has 1 aromatic carbocycles. The third kappa shape index (κ3) is 1.50. The zero-order valence-corrected chi connectivity index (χ0v) is 9.28. The second-order valence-electron chi connectivity index (χ2n) is 4.32. The predicted octanol–water partition coefficient (Wildman–Crippen LogP) is 1.87. The maximum absolute atomic E-state index is 11.1. The second-order valence-corrected chi connectivity index (χ2v) is 4.32. The van der Waals surface area contributed by atoms with E-state index in [4.69, 9.17) is 9.84 Å². The average Bonchev–Trinajstić information content (AvgIpc) is 2.23. The van der Waals surface area contributed by atoms with Crippen molar-refractivity contribution < 1.29 is 19.7 Å². The molecule has 1 atom stereocenters. The van der Waals surface area contributed by atoms with E-state index in [1.165, 1.54) is 6.07 Å². The Morgan fingerprint density at radius 3 is 2.81 bits per heavy atom. The lowest BCUT2D eigenvalue weighted by atomic mass is 9.90. The number of rotatable bonds is 1. The second kappa shape index (κ2) is 3.40. The molecule has 0 bridgehead atoms. The first-order chi connectivity index (χ1) is 7.44. The topological polar surface area (TPSA) is 66.8 Å². The van der Waals surface area contributed by atoms with Crippen LogP contribution in [0.25, 0.3) is 0 Å². The molecular weight excluding hydrogens is 208 g/mol. The Labute approximate surface area is 93.5 Å². The SMILES string of the molecule is Cc1c(O)ccc2c1CCC(C)(C(=O)O)O2. The van der Waals surface area contributed by atoms with Gasteiger partial charge in [0.1, 0.15) is 11.5 Å². The molecule has 16 heavy (non-hydrogen) atoms. The first kappa shape index (κ1) is 10.8. The fourth-order valence-electron chi connectivity index (χ4n) is 1.93. The van der Waals surface area contributed by atoms with Crippen LogP contribution in [0.4, 0.5) is 0 Å². The molecule has 2 N–H and O–H groups in total. The Balaban J connectivity index is 2.43. The molecule has 1 unspecified atom stereocenters. The van der Waals surface area contributed by atoms with Crippen molar-refractivity contribution >= 4 is 5.97 Å². The molecule has 4 heteroatoms. The Morgan fingerprint density at radius 1 is 1.50 bits per heavy atom. The highest BCUT2D eigenvalue weighted by molar-refractivity contribution is 5.78. The summed E-state index contributed by atoms with van der Waals surface area (Å²) in [7, 11) is 0. The van der Waals surface area contributed by atoms with Crippen LogP contribution >= 0.6 is 0 Å². The monoisotopic (exact) mass is 222 g/mol. The van der Waals surface area contributed by atoms with Crippen LogP contribution in [0.2, 0.25) is 0 Å². The van der Waals surface area contributed by atoms with E-state index in [0.29, 0.717) is 18.6 Å². The molecule has 4 nitrogen and oxygen atoms in total. The molecule has 0 saturated heterocycles. The van der Waals surface area contributed by atoms with Gasteiger partial charge in [-0.1, -0.05) is 0 Å². The van der Waals surface area contributed by atoms with Gasteiger partial charge < -0.3 is 14.9 Å². The molecule has 0 fully saturated rings.